The Hall–Kier alpha value is -1.05. The van der Waals surface area contributed by atoms with E-state index in [0.717, 1.165) is 43.5 Å². The fourth-order valence-electron chi connectivity index (χ4n) is 1.32. The zero-order valence-corrected chi connectivity index (χ0v) is 8.08. The number of aldehydes is 1. The standard InChI is InChI=1S/C11H16O2/c1-10-7-8-11(13-10)6-4-2-3-5-9-12/h7-9H,2-6H2,1H3. The number of hydrogen-bond donors (Lipinski definition) is 0. The second-order valence-corrected chi connectivity index (χ2v) is 3.28. The lowest BCUT2D eigenvalue weighted by Crippen LogP contribution is -1.83. The molecule has 0 unspecified atom stereocenters. The van der Waals surface area contributed by atoms with Crippen molar-refractivity contribution < 1.29 is 9.21 Å². The highest BCUT2D eigenvalue weighted by Gasteiger charge is 1.97. The smallest absolute Gasteiger partial charge is 0.119 e. The van der Waals surface area contributed by atoms with Crippen LogP contribution in [0.5, 0.6) is 0 Å². The van der Waals surface area contributed by atoms with Gasteiger partial charge in [-0.25, -0.2) is 0 Å². The monoisotopic (exact) mass is 180 g/mol. The van der Waals surface area contributed by atoms with E-state index in [1.165, 1.54) is 0 Å². The molecule has 0 radical (unpaired) electrons. The van der Waals surface area contributed by atoms with Crippen molar-refractivity contribution >= 4 is 6.29 Å². The van der Waals surface area contributed by atoms with Gasteiger partial charge in [0.2, 0.25) is 0 Å². The van der Waals surface area contributed by atoms with Crippen molar-refractivity contribution in [2.45, 2.75) is 39.0 Å². The molecule has 0 bridgehead atoms. The minimum atomic E-state index is 0.692. The van der Waals surface area contributed by atoms with E-state index in [9.17, 15) is 4.79 Å². The van der Waals surface area contributed by atoms with E-state index in [1.54, 1.807) is 0 Å². The van der Waals surface area contributed by atoms with E-state index in [2.05, 4.69) is 0 Å². The van der Waals surface area contributed by atoms with Crippen molar-refractivity contribution in [1.82, 2.24) is 0 Å². The fraction of sp³-hybridized carbons (Fsp3) is 0.545. The topological polar surface area (TPSA) is 30.2 Å². The Morgan fingerprint density at radius 2 is 2.15 bits per heavy atom. The molecule has 72 valence electrons. The van der Waals surface area contributed by atoms with E-state index in [1.807, 2.05) is 19.1 Å². The maximum Gasteiger partial charge on any atom is 0.119 e. The van der Waals surface area contributed by atoms with Crippen molar-refractivity contribution in [1.29, 1.82) is 0 Å². The molecule has 1 heterocycles. The van der Waals surface area contributed by atoms with Gasteiger partial charge in [0.05, 0.1) is 0 Å². The molecule has 2 heteroatoms. The van der Waals surface area contributed by atoms with Crippen molar-refractivity contribution in [2.24, 2.45) is 0 Å². The summed E-state index contributed by atoms with van der Waals surface area (Å²) >= 11 is 0. The predicted molar refractivity (Wildman–Crippen MR) is 51.7 cm³/mol. The third-order valence-corrected chi connectivity index (χ3v) is 2.04. The molecule has 0 N–H and O–H groups in total. The molecular formula is C11H16O2. The lowest BCUT2D eigenvalue weighted by atomic mass is 10.1. The molecule has 1 rings (SSSR count). The van der Waals surface area contributed by atoms with Gasteiger partial charge in [-0.05, 0) is 31.9 Å². The van der Waals surface area contributed by atoms with Gasteiger partial charge in [-0.15, -0.1) is 0 Å². The van der Waals surface area contributed by atoms with Crippen LogP contribution in [0.4, 0.5) is 0 Å². The number of unbranched alkanes of at least 4 members (excludes halogenated alkanes) is 3. The summed E-state index contributed by atoms with van der Waals surface area (Å²) in [7, 11) is 0. The Balaban J connectivity index is 2.09. The molecule has 0 fully saturated rings. The van der Waals surface area contributed by atoms with Gasteiger partial charge in [0.1, 0.15) is 17.8 Å². The maximum absolute atomic E-state index is 10.0. The lowest BCUT2D eigenvalue weighted by Gasteiger charge is -1.95. The molecule has 13 heavy (non-hydrogen) atoms. The average molecular weight is 180 g/mol. The summed E-state index contributed by atoms with van der Waals surface area (Å²) in [6.07, 6.45) is 5.89. The number of rotatable bonds is 6. The van der Waals surface area contributed by atoms with E-state index < -0.39 is 0 Å². The van der Waals surface area contributed by atoms with Gasteiger partial charge in [0.25, 0.3) is 0 Å². The lowest BCUT2D eigenvalue weighted by molar-refractivity contribution is -0.107. The second-order valence-electron chi connectivity index (χ2n) is 3.28. The Bertz CT molecular complexity index is 250. The fourth-order valence-corrected chi connectivity index (χ4v) is 1.32. The average Bonchev–Trinajstić information content (AvgIpc) is 2.51. The van der Waals surface area contributed by atoms with Crippen LogP contribution in [0.3, 0.4) is 0 Å². The first-order chi connectivity index (χ1) is 6.33. The largest absolute Gasteiger partial charge is 0.466 e. The molecular weight excluding hydrogens is 164 g/mol. The van der Waals surface area contributed by atoms with Gasteiger partial charge in [-0.3, -0.25) is 0 Å². The second kappa shape index (κ2) is 5.57. The molecule has 1 aromatic heterocycles. The van der Waals surface area contributed by atoms with Crippen LogP contribution >= 0.6 is 0 Å². The first-order valence-corrected chi connectivity index (χ1v) is 4.82. The number of carbonyl (C=O) groups is 1. The molecule has 0 aromatic carbocycles. The van der Waals surface area contributed by atoms with Crippen LogP contribution in [-0.4, -0.2) is 6.29 Å². The summed E-state index contributed by atoms with van der Waals surface area (Å²) in [6, 6.07) is 4.01. The van der Waals surface area contributed by atoms with Crippen molar-refractivity contribution in [3.63, 3.8) is 0 Å². The summed E-state index contributed by atoms with van der Waals surface area (Å²) in [4.78, 5) is 10.0. The highest BCUT2D eigenvalue weighted by Crippen LogP contribution is 2.10. The molecule has 0 saturated carbocycles. The van der Waals surface area contributed by atoms with Gasteiger partial charge in [-0.1, -0.05) is 6.42 Å². The van der Waals surface area contributed by atoms with Crippen LogP contribution in [0, 0.1) is 6.92 Å². The summed E-state index contributed by atoms with van der Waals surface area (Å²) in [5, 5.41) is 0. The van der Waals surface area contributed by atoms with E-state index >= 15 is 0 Å². The molecule has 0 amide bonds. The van der Waals surface area contributed by atoms with Gasteiger partial charge < -0.3 is 9.21 Å². The zero-order chi connectivity index (χ0) is 9.52. The molecule has 1 aromatic rings. The molecule has 0 atom stereocenters. The van der Waals surface area contributed by atoms with E-state index in [0.29, 0.717) is 6.42 Å². The van der Waals surface area contributed by atoms with Crippen molar-refractivity contribution in [2.75, 3.05) is 0 Å². The zero-order valence-electron chi connectivity index (χ0n) is 8.08. The van der Waals surface area contributed by atoms with Crippen molar-refractivity contribution in [3.05, 3.63) is 23.7 Å². The Morgan fingerprint density at radius 3 is 2.77 bits per heavy atom. The first kappa shape index (κ1) is 10.0. The van der Waals surface area contributed by atoms with Crippen LogP contribution in [0.2, 0.25) is 0 Å². The van der Waals surface area contributed by atoms with E-state index in [4.69, 9.17) is 4.42 Å². The van der Waals surface area contributed by atoms with Crippen LogP contribution in [-0.2, 0) is 11.2 Å². The molecule has 0 aliphatic rings. The number of hydrogen-bond acceptors (Lipinski definition) is 2. The van der Waals surface area contributed by atoms with E-state index in [-0.39, 0.29) is 0 Å². The van der Waals surface area contributed by atoms with Gasteiger partial charge in [0, 0.05) is 12.8 Å². The predicted octanol–water partition coefficient (Wildman–Crippen LogP) is 2.89. The van der Waals surface area contributed by atoms with Gasteiger partial charge in [0.15, 0.2) is 0 Å². The van der Waals surface area contributed by atoms with Gasteiger partial charge in [-0.2, -0.15) is 0 Å². The molecule has 0 aliphatic carbocycles. The summed E-state index contributed by atoms with van der Waals surface area (Å²) in [5.74, 6) is 2.03. The summed E-state index contributed by atoms with van der Waals surface area (Å²) < 4.78 is 5.42. The maximum atomic E-state index is 10.0. The van der Waals surface area contributed by atoms with Crippen LogP contribution < -0.4 is 0 Å². The quantitative estimate of drug-likeness (QED) is 0.497. The minimum Gasteiger partial charge on any atom is -0.466 e. The molecule has 2 nitrogen and oxygen atoms in total. The highest BCUT2D eigenvalue weighted by molar-refractivity contribution is 5.48. The Kier molecular flexibility index (Phi) is 4.30. The highest BCUT2D eigenvalue weighted by atomic mass is 16.3. The molecule has 0 aliphatic heterocycles. The number of aryl methyl sites for hydroxylation is 2. The Morgan fingerprint density at radius 1 is 1.31 bits per heavy atom. The first-order valence-electron chi connectivity index (χ1n) is 4.82. The molecule has 0 spiro atoms. The number of furan rings is 1. The minimum absolute atomic E-state index is 0.692. The summed E-state index contributed by atoms with van der Waals surface area (Å²) in [6.45, 7) is 1.95. The van der Waals surface area contributed by atoms with Crippen molar-refractivity contribution in [3.8, 4) is 0 Å². The van der Waals surface area contributed by atoms with Crippen LogP contribution in [0.25, 0.3) is 0 Å². The number of carbonyl (C=O) groups excluding carboxylic acids is 1. The molecule has 0 saturated heterocycles. The SMILES string of the molecule is Cc1ccc(CCCCCC=O)o1. The van der Waals surface area contributed by atoms with Gasteiger partial charge >= 0.3 is 0 Å². The third kappa shape index (κ3) is 3.92. The van der Waals surface area contributed by atoms with Crippen LogP contribution in [0.1, 0.15) is 37.2 Å². The Labute approximate surface area is 78.9 Å². The summed E-state index contributed by atoms with van der Waals surface area (Å²) in [5.41, 5.74) is 0. The third-order valence-electron chi connectivity index (χ3n) is 2.04. The normalized spacial score (nSPS) is 10.2. The van der Waals surface area contributed by atoms with Crippen LogP contribution in [0.15, 0.2) is 16.5 Å².